The summed E-state index contributed by atoms with van der Waals surface area (Å²) >= 11 is 0. The van der Waals surface area contributed by atoms with Gasteiger partial charge in [0.25, 0.3) is 0 Å². The van der Waals surface area contributed by atoms with E-state index in [-0.39, 0.29) is 29.4 Å². The molecule has 1 rings (SSSR count). The van der Waals surface area contributed by atoms with E-state index >= 15 is 0 Å². The second-order valence-corrected chi connectivity index (χ2v) is 5.70. The lowest BCUT2D eigenvalue weighted by Crippen LogP contribution is -2.00. The molecule has 0 spiro atoms. The molecule has 1 aromatic rings. The van der Waals surface area contributed by atoms with Gasteiger partial charge in [0.05, 0.1) is 0 Å². The maximum atomic E-state index is 2.30. The van der Waals surface area contributed by atoms with Gasteiger partial charge in [-0.3, -0.25) is 0 Å². The summed E-state index contributed by atoms with van der Waals surface area (Å²) in [4.78, 5) is 0. The zero-order chi connectivity index (χ0) is 9.14. The molecule has 0 bridgehead atoms. The predicted molar refractivity (Wildman–Crippen MR) is 76.6 cm³/mol. The lowest BCUT2D eigenvalue weighted by Gasteiger charge is -2.07. The van der Waals surface area contributed by atoms with Crippen LogP contribution in [0.5, 0.6) is 0 Å². The van der Waals surface area contributed by atoms with Crippen molar-refractivity contribution in [3.05, 3.63) is 29.3 Å². The van der Waals surface area contributed by atoms with Gasteiger partial charge in [0.2, 0.25) is 0 Å². The van der Waals surface area contributed by atoms with Gasteiger partial charge in [0.15, 0.2) is 0 Å². The Balaban J connectivity index is 0. The fraction of sp³-hybridized carbons (Fsp3) is 0.455. The molecule has 0 aliphatic heterocycles. The summed E-state index contributed by atoms with van der Waals surface area (Å²) < 4.78 is 0. The molecule has 0 amide bonds. The molecule has 0 aliphatic carbocycles. The molecule has 82 valence electrons. The summed E-state index contributed by atoms with van der Waals surface area (Å²) in [5.41, 5.74) is 3.56. The second-order valence-electron chi connectivity index (χ2n) is 3.68. The molecule has 0 heterocycles. The average Bonchev–Trinajstić information content (AvgIpc) is 1.81. The highest BCUT2D eigenvalue weighted by Crippen LogP contribution is 2.18. The molecule has 1 unspecified atom stereocenters. The molecular weight excluding hydrogens is 278 g/mol. The fourth-order valence-electron chi connectivity index (χ4n) is 1.39. The molecule has 1 atom stereocenters. The van der Waals surface area contributed by atoms with Crippen LogP contribution in [-0.2, 0) is 0 Å². The van der Waals surface area contributed by atoms with E-state index in [1.165, 1.54) is 16.4 Å². The molecule has 0 nitrogen and oxygen atoms in total. The molecule has 0 fully saturated rings. The summed E-state index contributed by atoms with van der Waals surface area (Å²) in [6.45, 7) is 8.88. The first-order valence-corrected chi connectivity index (χ1v) is 5.50. The number of benzene rings is 1. The van der Waals surface area contributed by atoms with Crippen LogP contribution >= 0.6 is 38.0 Å². The summed E-state index contributed by atoms with van der Waals surface area (Å²) in [6.07, 6.45) is 0. The van der Waals surface area contributed by atoms with Crippen molar-refractivity contribution in [2.45, 2.75) is 33.4 Å². The van der Waals surface area contributed by atoms with Crippen molar-refractivity contribution in [1.29, 1.82) is 0 Å². The van der Waals surface area contributed by atoms with Gasteiger partial charge in [-0.15, -0.1) is 29.4 Å². The highest BCUT2D eigenvalue weighted by atomic mass is 79.9. The molecule has 1 aromatic carbocycles. The van der Waals surface area contributed by atoms with Crippen LogP contribution in [-0.4, -0.2) is 5.66 Å². The van der Waals surface area contributed by atoms with Gasteiger partial charge >= 0.3 is 0 Å². The summed E-state index contributed by atoms with van der Waals surface area (Å²) in [7, 11) is 0.954. The largest absolute Gasteiger partial charge is 0.147 e. The minimum atomic E-state index is 0. The topological polar surface area (TPSA) is 0 Å². The highest BCUT2D eigenvalue weighted by Gasteiger charge is 1.98. The van der Waals surface area contributed by atoms with E-state index in [0.717, 1.165) is 14.2 Å². The van der Waals surface area contributed by atoms with Crippen molar-refractivity contribution < 1.29 is 0 Å². The van der Waals surface area contributed by atoms with E-state index < -0.39 is 0 Å². The van der Waals surface area contributed by atoms with Crippen LogP contribution in [0.25, 0.3) is 0 Å². The van der Waals surface area contributed by atoms with Gasteiger partial charge in [-0.25, -0.2) is 0 Å². The van der Waals surface area contributed by atoms with Crippen LogP contribution in [0.4, 0.5) is 0 Å². The highest BCUT2D eigenvalue weighted by molar-refractivity contribution is 8.93. The van der Waals surface area contributed by atoms with Crippen LogP contribution in [0.2, 0.25) is 0 Å². The van der Waals surface area contributed by atoms with Gasteiger partial charge < -0.3 is 0 Å². The molecule has 0 aromatic heterocycles. The van der Waals surface area contributed by atoms with Crippen LogP contribution in [0, 0.1) is 13.8 Å². The minimum Gasteiger partial charge on any atom is -0.147 e. The maximum Gasteiger partial charge on any atom is -0.0253 e. The van der Waals surface area contributed by atoms with Crippen molar-refractivity contribution in [2.75, 3.05) is 0 Å². The Kier molecular flexibility index (Phi) is 9.23. The van der Waals surface area contributed by atoms with Gasteiger partial charge in [0.1, 0.15) is 0 Å². The first-order valence-electron chi connectivity index (χ1n) is 4.43. The van der Waals surface area contributed by atoms with Gasteiger partial charge in [-0.05, 0) is 24.8 Å². The summed E-state index contributed by atoms with van der Waals surface area (Å²) in [5.74, 6) is 0. The Hall–Kier alpha value is 0.420. The average molecular weight is 298 g/mol. The van der Waals surface area contributed by atoms with E-state index in [4.69, 9.17) is 0 Å². The number of hydrogen-bond donors (Lipinski definition) is 0. The van der Waals surface area contributed by atoms with Crippen LogP contribution in [0.3, 0.4) is 0 Å². The third-order valence-electron chi connectivity index (χ3n) is 1.68. The van der Waals surface area contributed by atoms with Gasteiger partial charge in [-0.1, -0.05) is 51.8 Å². The standard InChI is InChI=1S/C11H17P.BrH.ClH/c1-8(2)12-11-6-9(3)5-10(4)7-11;;/h5-8,12H,1-4H3;2*1H. The van der Waals surface area contributed by atoms with E-state index in [1.54, 1.807) is 0 Å². The van der Waals surface area contributed by atoms with E-state index in [0.29, 0.717) is 0 Å². The third kappa shape index (κ3) is 6.01. The zero-order valence-corrected chi connectivity index (χ0v) is 12.7. The van der Waals surface area contributed by atoms with Crippen molar-refractivity contribution in [1.82, 2.24) is 0 Å². The van der Waals surface area contributed by atoms with E-state index in [2.05, 4.69) is 45.9 Å². The third-order valence-corrected chi connectivity index (χ3v) is 2.88. The summed E-state index contributed by atoms with van der Waals surface area (Å²) in [5, 5.41) is 1.50. The molecule has 0 aliphatic rings. The van der Waals surface area contributed by atoms with Crippen LogP contribution in [0.15, 0.2) is 18.2 Å². The number of hydrogen-bond acceptors (Lipinski definition) is 0. The van der Waals surface area contributed by atoms with Crippen molar-refractivity contribution in [2.24, 2.45) is 0 Å². The van der Waals surface area contributed by atoms with Crippen LogP contribution in [0.1, 0.15) is 25.0 Å². The molecule has 0 N–H and O–H groups in total. The Morgan fingerprint density at radius 1 is 1.00 bits per heavy atom. The normalized spacial score (nSPS) is 10.1. The quantitative estimate of drug-likeness (QED) is 0.723. The molecule has 14 heavy (non-hydrogen) atoms. The fourth-order valence-corrected chi connectivity index (χ4v) is 2.68. The Bertz CT molecular complexity index is 254. The molecule has 0 radical (unpaired) electrons. The molecule has 0 saturated carbocycles. The number of rotatable bonds is 2. The predicted octanol–water partition coefficient (Wildman–Crippen LogP) is 4.02. The Morgan fingerprint density at radius 3 is 1.79 bits per heavy atom. The first-order chi connectivity index (χ1) is 5.58. The SMILES string of the molecule is Br.Cc1cc(C)cc(PC(C)C)c1.Cl. The summed E-state index contributed by atoms with van der Waals surface area (Å²) in [6, 6.07) is 6.82. The maximum absolute atomic E-state index is 2.30. The lowest BCUT2D eigenvalue weighted by atomic mass is 10.2. The zero-order valence-electron chi connectivity index (χ0n) is 9.13. The lowest BCUT2D eigenvalue weighted by molar-refractivity contribution is 1.11. The molecular formula is C11H19BrClP. The van der Waals surface area contributed by atoms with E-state index in [1.807, 2.05) is 0 Å². The van der Waals surface area contributed by atoms with Gasteiger partial charge in [-0.2, -0.15) is 0 Å². The molecule has 0 saturated heterocycles. The van der Waals surface area contributed by atoms with Crippen molar-refractivity contribution in [3.63, 3.8) is 0 Å². The van der Waals surface area contributed by atoms with Gasteiger partial charge in [0, 0.05) is 0 Å². The monoisotopic (exact) mass is 296 g/mol. The smallest absolute Gasteiger partial charge is 0.0253 e. The first kappa shape index (κ1) is 16.8. The van der Waals surface area contributed by atoms with Crippen molar-refractivity contribution in [3.8, 4) is 0 Å². The van der Waals surface area contributed by atoms with Crippen LogP contribution < -0.4 is 5.30 Å². The van der Waals surface area contributed by atoms with Crippen molar-refractivity contribution >= 4 is 43.3 Å². The number of halogens is 2. The second kappa shape index (κ2) is 7.68. The Labute approximate surface area is 106 Å². The number of aryl methyl sites for hydroxylation is 2. The Morgan fingerprint density at radius 2 is 1.43 bits per heavy atom. The minimum absolute atomic E-state index is 0. The van der Waals surface area contributed by atoms with E-state index in [9.17, 15) is 0 Å². The molecule has 3 heteroatoms.